The van der Waals surface area contributed by atoms with Crippen LogP contribution in [0.5, 0.6) is 0 Å². The minimum absolute atomic E-state index is 0.0642. The maximum atomic E-state index is 12.7. The van der Waals surface area contributed by atoms with Crippen molar-refractivity contribution < 1.29 is 22.3 Å². The Labute approximate surface area is 117 Å². The van der Waals surface area contributed by atoms with Gasteiger partial charge in [0.05, 0.1) is 11.0 Å². The Hall–Kier alpha value is -1.27. The highest BCUT2D eigenvalue weighted by molar-refractivity contribution is 7.92. The number of Topliss-reactive ketones (excluding diaryl/α,β-unsaturated/α-hetero) is 1. The van der Waals surface area contributed by atoms with E-state index in [1.54, 1.807) is 0 Å². The lowest BCUT2D eigenvalue weighted by Crippen LogP contribution is -2.31. The van der Waals surface area contributed by atoms with Gasteiger partial charge in [-0.1, -0.05) is 0 Å². The van der Waals surface area contributed by atoms with Gasteiger partial charge in [0.25, 0.3) is 0 Å². The van der Waals surface area contributed by atoms with E-state index >= 15 is 0 Å². The van der Waals surface area contributed by atoms with Crippen LogP contribution in [0.15, 0.2) is 24.3 Å². The molecule has 0 radical (unpaired) electrons. The van der Waals surface area contributed by atoms with E-state index in [9.17, 15) is 17.6 Å². The van der Waals surface area contributed by atoms with Gasteiger partial charge in [-0.15, -0.1) is 0 Å². The molecule has 20 heavy (non-hydrogen) atoms. The Morgan fingerprint density at radius 3 is 2.40 bits per heavy atom. The Balaban J connectivity index is 1.93. The molecule has 1 aliphatic rings. The fourth-order valence-corrected chi connectivity index (χ4v) is 3.93. The number of carbonyl (C=O) groups excluding carboxylic acids is 1. The lowest BCUT2D eigenvalue weighted by molar-refractivity contribution is 0.0977. The molecule has 0 spiro atoms. The minimum Gasteiger partial charge on any atom is -0.381 e. The first-order valence-corrected chi connectivity index (χ1v) is 8.29. The van der Waals surface area contributed by atoms with Crippen LogP contribution in [-0.4, -0.2) is 38.4 Å². The number of halogens is 1. The largest absolute Gasteiger partial charge is 0.381 e. The summed E-state index contributed by atoms with van der Waals surface area (Å²) >= 11 is 0. The molecule has 1 aromatic carbocycles. The van der Waals surface area contributed by atoms with Crippen molar-refractivity contribution in [1.82, 2.24) is 0 Å². The summed E-state index contributed by atoms with van der Waals surface area (Å²) in [7, 11) is -3.27. The standard InChI is InChI=1S/C14H17FO4S/c15-12-3-1-11(2-4-12)14(16)7-10-20(17,18)13-5-8-19-9-6-13/h1-4,13H,5-10H2. The highest BCUT2D eigenvalue weighted by Crippen LogP contribution is 2.18. The van der Waals surface area contributed by atoms with Gasteiger partial charge in [0, 0.05) is 25.2 Å². The van der Waals surface area contributed by atoms with Gasteiger partial charge in [-0.3, -0.25) is 4.79 Å². The molecule has 110 valence electrons. The zero-order valence-corrected chi connectivity index (χ0v) is 11.9. The van der Waals surface area contributed by atoms with E-state index in [2.05, 4.69) is 0 Å². The SMILES string of the molecule is O=C(CCS(=O)(=O)C1CCOCC1)c1ccc(F)cc1. The van der Waals surface area contributed by atoms with Crippen molar-refractivity contribution in [2.45, 2.75) is 24.5 Å². The van der Waals surface area contributed by atoms with Gasteiger partial charge in [-0.05, 0) is 37.1 Å². The second-order valence-electron chi connectivity index (χ2n) is 4.86. The van der Waals surface area contributed by atoms with E-state index in [1.165, 1.54) is 24.3 Å². The molecule has 6 heteroatoms. The minimum atomic E-state index is -3.27. The fraction of sp³-hybridized carbons (Fsp3) is 0.500. The Bertz CT molecular complexity index is 559. The van der Waals surface area contributed by atoms with Crippen LogP contribution >= 0.6 is 0 Å². The van der Waals surface area contributed by atoms with Gasteiger partial charge in [-0.2, -0.15) is 0 Å². The summed E-state index contributed by atoms with van der Waals surface area (Å²) in [6, 6.07) is 5.14. The molecule has 0 amide bonds. The summed E-state index contributed by atoms with van der Waals surface area (Å²) in [6.07, 6.45) is 0.922. The van der Waals surface area contributed by atoms with Crippen molar-refractivity contribution in [2.24, 2.45) is 0 Å². The average Bonchev–Trinajstić information content (AvgIpc) is 2.46. The molecule has 4 nitrogen and oxygen atoms in total. The third kappa shape index (κ3) is 3.86. The van der Waals surface area contributed by atoms with Gasteiger partial charge in [-0.25, -0.2) is 12.8 Å². The van der Waals surface area contributed by atoms with E-state index in [4.69, 9.17) is 4.74 Å². The van der Waals surface area contributed by atoms with Crippen molar-refractivity contribution in [3.63, 3.8) is 0 Å². The van der Waals surface area contributed by atoms with Crippen LogP contribution in [0.2, 0.25) is 0 Å². The van der Waals surface area contributed by atoms with Crippen LogP contribution in [0.1, 0.15) is 29.6 Å². The summed E-state index contributed by atoms with van der Waals surface area (Å²) < 4.78 is 42.1. The first-order valence-electron chi connectivity index (χ1n) is 6.57. The average molecular weight is 300 g/mol. The molecule has 1 heterocycles. The fourth-order valence-electron chi connectivity index (χ4n) is 2.22. The summed E-state index contributed by atoms with van der Waals surface area (Å²) in [6.45, 7) is 0.908. The molecule has 1 saturated heterocycles. The molecular formula is C14H17FO4S. The number of hydrogen-bond donors (Lipinski definition) is 0. The maximum Gasteiger partial charge on any atom is 0.163 e. The van der Waals surface area contributed by atoms with Crippen LogP contribution < -0.4 is 0 Å². The van der Waals surface area contributed by atoms with Crippen LogP contribution in [0.25, 0.3) is 0 Å². The Morgan fingerprint density at radius 2 is 1.80 bits per heavy atom. The zero-order valence-electron chi connectivity index (χ0n) is 11.0. The molecule has 0 bridgehead atoms. The molecule has 0 saturated carbocycles. The summed E-state index contributed by atoms with van der Waals surface area (Å²) in [5, 5.41) is -0.405. The first kappa shape index (κ1) is 15.1. The summed E-state index contributed by atoms with van der Waals surface area (Å²) in [4.78, 5) is 11.9. The Morgan fingerprint density at radius 1 is 1.20 bits per heavy atom. The van der Waals surface area contributed by atoms with Gasteiger partial charge in [0.2, 0.25) is 0 Å². The zero-order chi connectivity index (χ0) is 14.6. The number of carbonyl (C=O) groups is 1. The van der Waals surface area contributed by atoms with E-state index in [-0.39, 0.29) is 18.0 Å². The van der Waals surface area contributed by atoms with Gasteiger partial charge in [0.1, 0.15) is 5.82 Å². The molecule has 0 aromatic heterocycles. The molecular weight excluding hydrogens is 283 g/mol. The summed E-state index contributed by atoms with van der Waals surface area (Å²) in [5.41, 5.74) is 0.341. The molecule has 0 aliphatic carbocycles. The van der Waals surface area contributed by atoms with Crippen molar-refractivity contribution in [3.05, 3.63) is 35.6 Å². The third-order valence-corrected chi connectivity index (χ3v) is 5.72. The topological polar surface area (TPSA) is 60.4 Å². The first-order chi connectivity index (χ1) is 9.49. The second-order valence-corrected chi connectivity index (χ2v) is 7.26. The molecule has 0 atom stereocenters. The van der Waals surface area contributed by atoms with E-state index in [0.717, 1.165) is 0 Å². The maximum absolute atomic E-state index is 12.7. The molecule has 0 N–H and O–H groups in total. The normalized spacial score (nSPS) is 17.1. The molecule has 0 unspecified atom stereocenters. The molecule has 1 aliphatic heterocycles. The predicted octanol–water partition coefficient (Wildman–Crippen LogP) is 1.99. The highest BCUT2D eigenvalue weighted by atomic mass is 32.2. The Kier molecular flexibility index (Phi) is 4.88. The van der Waals surface area contributed by atoms with Crippen LogP contribution in [0, 0.1) is 5.82 Å². The van der Waals surface area contributed by atoms with E-state index in [0.29, 0.717) is 31.6 Å². The number of hydrogen-bond acceptors (Lipinski definition) is 4. The highest BCUT2D eigenvalue weighted by Gasteiger charge is 2.28. The number of rotatable bonds is 5. The van der Waals surface area contributed by atoms with Crippen molar-refractivity contribution in [2.75, 3.05) is 19.0 Å². The molecule has 1 fully saturated rings. The lowest BCUT2D eigenvalue weighted by atomic mass is 10.1. The lowest BCUT2D eigenvalue weighted by Gasteiger charge is -2.21. The molecule has 2 rings (SSSR count). The predicted molar refractivity (Wildman–Crippen MR) is 73.0 cm³/mol. The monoisotopic (exact) mass is 300 g/mol. The van der Waals surface area contributed by atoms with Crippen molar-refractivity contribution in [3.8, 4) is 0 Å². The molecule has 1 aromatic rings. The summed E-state index contributed by atoms with van der Waals surface area (Å²) in [5.74, 6) is -0.856. The second kappa shape index (κ2) is 6.45. The quantitative estimate of drug-likeness (QED) is 0.780. The van der Waals surface area contributed by atoms with Gasteiger partial charge < -0.3 is 4.74 Å². The van der Waals surface area contributed by atoms with Crippen molar-refractivity contribution in [1.29, 1.82) is 0 Å². The smallest absolute Gasteiger partial charge is 0.163 e. The number of ketones is 1. The van der Waals surface area contributed by atoms with Gasteiger partial charge in [0.15, 0.2) is 15.6 Å². The van der Waals surface area contributed by atoms with Crippen molar-refractivity contribution >= 4 is 15.6 Å². The van der Waals surface area contributed by atoms with Crippen LogP contribution in [-0.2, 0) is 14.6 Å². The number of ether oxygens (including phenoxy) is 1. The van der Waals surface area contributed by atoms with Gasteiger partial charge >= 0.3 is 0 Å². The number of sulfone groups is 1. The van der Waals surface area contributed by atoms with Crippen LogP contribution in [0.3, 0.4) is 0 Å². The van der Waals surface area contributed by atoms with Crippen LogP contribution in [0.4, 0.5) is 4.39 Å². The van der Waals surface area contributed by atoms with E-state index in [1.807, 2.05) is 0 Å². The van der Waals surface area contributed by atoms with E-state index < -0.39 is 20.9 Å². The number of benzene rings is 1. The third-order valence-electron chi connectivity index (χ3n) is 3.46.